The smallest absolute Gasteiger partial charge is 0.142 e. The lowest BCUT2D eigenvalue weighted by Gasteiger charge is -2.16. The fourth-order valence-corrected chi connectivity index (χ4v) is 3.11. The molecule has 1 atom stereocenters. The quantitative estimate of drug-likeness (QED) is 0.881. The van der Waals surface area contributed by atoms with Gasteiger partial charge in [0.15, 0.2) is 0 Å². The van der Waals surface area contributed by atoms with E-state index in [2.05, 4.69) is 42.5 Å². The molecule has 1 N–H and O–H groups in total. The summed E-state index contributed by atoms with van der Waals surface area (Å²) in [4.78, 5) is 0. The average Bonchev–Trinajstić information content (AvgIpc) is 3.15. The molecule has 0 aliphatic carbocycles. The van der Waals surface area contributed by atoms with Crippen LogP contribution < -0.4 is 10.1 Å². The third-order valence-corrected chi connectivity index (χ3v) is 4.70. The Morgan fingerprint density at radius 3 is 2.83 bits per heavy atom. The molecule has 1 aliphatic heterocycles. The van der Waals surface area contributed by atoms with Crippen LogP contribution in [0.1, 0.15) is 35.4 Å². The van der Waals surface area contributed by atoms with Crippen molar-refractivity contribution in [3.05, 3.63) is 40.7 Å². The first-order chi connectivity index (χ1) is 11.5. The summed E-state index contributed by atoms with van der Waals surface area (Å²) < 4.78 is 13.6. The molecule has 0 bridgehead atoms. The number of aromatic nitrogens is 2. The number of hydrogen-bond acceptors (Lipinski definition) is 4. The summed E-state index contributed by atoms with van der Waals surface area (Å²) in [5.41, 5.74) is 5.70. The van der Waals surface area contributed by atoms with Gasteiger partial charge in [-0.15, -0.1) is 0 Å². The van der Waals surface area contributed by atoms with Gasteiger partial charge in [0.25, 0.3) is 0 Å². The van der Waals surface area contributed by atoms with Gasteiger partial charge in [0.1, 0.15) is 12.4 Å². The molecule has 5 nitrogen and oxygen atoms in total. The summed E-state index contributed by atoms with van der Waals surface area (Å²) in [5.74, 6) is 0.893. The fraction of sp³-hybridized carbons (Fsp3) is 0.526. The second kappa shape index (κ2) is 7.26. The van der Waals surface area contributed by atoms with Crippen molar-refractivity contribution in [3.8, 4) is 5.75 Å². The molecule has 2 aromatic rings. The van der Waals surface area contributed by atoms with Crippen LogP contribution in [0, 0.1) is 20.8 Å². The van der Waals surface area contributed by atoms with Gasteiger partial charge in [0.05, 0.1) is 17.5 Å². The molecule has 0 saturated carbocycles. The molecule has 1 aromatic heterocycles. The van der Waals surface area contributed by atoms with Crippen molar-refractivity contribution < 1.29 is 9.47 Å². The highest BCUT2D eigenvalue weighted by atomic mass is 16.5. The van der Waals surface area contributed by atoms with Crippen molar-refractivity contribution in [2.45, 2.75) is 46.3 Å². The molecule has 5 heteroatoms. The Kier molecular flexibility index (Phi) is 5.09. The lowest BCUT2D eigenvalue weighted by atomic mass is 10.1. The van der Waals surface area contributed by atoms with Crippen molar-refractivity contribution in [2.75, 3.05) is 18.5 Å². The molecule has 1 fully saturated rings. The van der Waals surface area contributed by atoms with Crippen molar-refractivity contribution >= 4 is 5.69 Å². The van der Waals surface area contributed by atoms with Gasteiger partial charge < -0.3 is 14.8 Å². The molecule has 1 saturated heterocycles. The average molecular weight is 329 g/mol. The maximum atomic E-state index is 6.05. The first kappa shape index (κ1) is 16.8. The minimum atomic E-state index is 0.223. The van der Waals surface area contributed by atoms with Gasteiger partial charge in [0.2, 0.25) is 0 Å². The highest BCUT2D eigenvalue weighted by Gasteiger charge is 2.17. The predicted octanol–water partition coefficient (Wildman–Crippen LogP) is 3.52. The maximum Gasteiger partial charge on any atom is 0.142 e. The third kappa shape index (κ3) is 3.73. The number of anilines is 1. The molecular weight excluding hydrogens is 302 g/mol. The zero-order valence-corrected chi connectivity index (χ0v) is 15.1. The Balaban J connectivity index is 1.70. The second-order valence-corrected chi connectivity index (χ2v) is 6.57. The molecule has 0 unspecified atom stereocenters. The molecule has 1 aromatic carbocycles. The van der Waals surface area contributed by atoms with Gasteiger partial charge in [-0.25, -0.2) is 0 Å². The minimum Gasteiger partial charge on any atom is -0.489 e. The van der Waals surface area contributed by atoms with E-state index in [-0.39, 0.29) is 6.10 Å². The normalized spacial score (nSPS) is 17.2. The van der Waals surface area contributed by atoms with Crippen LogP contribution in [0.25, 0.3) is 0 Å². The monoisotopic (exact) mass is 329 g/mol. The summed E-state index contributed by atoms with van der Waals surface area (Å²) in [6, 6.07) is 6.27. The SMILES string of the molecule is Cc1ccc(NCc2c(C)nn(C)c2C)c(OC[C@H]2CCCO2)c1. The Morgan fingerprint density at radius 2 is 2.17 bits per heavy atom. The van der Waals surface area contributed by atoms with Crippen LogP contribution in [0.4, 0.5) is 5.69 Å². The topological polar surface area (TPSA) is 48.3 Å². The van der Waals surface area contributed by atoms with Crippen LogP contribution >= 0.6 is 0 Å². The third-order valence-electron chi connectivity index (χ3n) is 4.70. The lowest BCUT2D eigenvalue weighted by Crippen LogP contribution is -2.17. The van der Waals surface area contributed by atoms with E-state index in [1.165, 1.54) is 16.8 Å². The largest absolute Gasteiger partial charge is 0.489 e. The van der Waals surface area contributed by atoms with Crippen LogP contribution in [0.2, 0.25) is 0 Å². The first-order valence-electron chi connectivity index (χ1n) is 8.62. The highest BCUT2D eigenvalue weighted by Crippen LogP contribution is 2.28. The minimum absolute atomic E-state index is 0.223. The number of nitrogens with one attached hydrogen (secondary N) is 1. The Labute approximate surface area is 144 Å². The summed E-state index contributed by atoms with van der Waals surface area (Å²) in [6.45, 7) is 8.44. The zero-order chi connectivity index (χ0) is 17.1. The van der Waals surface area contributed by atoms with Gasteiger partial charge in [-0.1, -0.05) is 6.07 Å². The van der Waals surface area contributed by atoms with E-state index >= 15 is 0 Å². The van der Waals surface area contributed by atoms with Gasteiger partial charge >= 0.3 is 0 Å². The van der Waals surface area contributed by atoms with Crippen LogP contribution in [-0.2, 0) is 18.3 Å². The summed E-state index contributed by atoms with van der Waals surface area (Å²) in [6.07, 6.45) is 2.44. The number of rotatable bonds is 6. The van der Waals surface area contributed by atoms with Crippen molar-refractivity contribution in [1.29, 1.82) is 0 Å². The molecule has 3 rings (SSSR count). The molecule has 1 aliphatic rings. The maximum absolute atomic E-state index is 6.05. The van der Waals surface area contributed by atoms with Crippen molar-refractivity contribution in [2.24, 2.45) is 7.05 Å². The van der Waals surface area contributed by atoms with Gasteiger partial charge in [-0.3, -0.25) is 4.68 Å². The number of aryl methyl sites for hydroxylation is 3. The molecule has 0 amide bonds. The Hall–Kier alpha value is -2.01. The standard InChI is InChI=1S/C19H27N3O2/c1-13-7-8-18(19(10-13)24-12-16-6-5-9-23-16)20-11-17-14(2)21-22(4)15(17)3/h7-8,10,16,20H,5-6,9,11-12H2,1-4H3/t16-/m1/s1. The van der Waals surface area contributed by atoms with Crippen LogP contribution in [0.3, 0.4) is 0 Å². The van der Waals surface area contributed by atoms with E-state index in [0.29, 0.717) is 6.61 Å². The second-order valence-electron chi connectivity index (χ2n) is 6.57. The summed E-state index contributed by atoms with van der Waals surface area (Å²) in [7, 11) is 1.98. The summed E-state index contributed by atoms with van der Waals surface area (Å²) in [5, 5.41) is 7.98. The van der Waals surface area contributed by atoms with E-state index in [4.69, 9.17) is 9.47 Å². The zero-order valence-electron chi connectivity index (χ0n) is 15.1. The molecule has 2 heterocycles. The van der Waals surface area contributed by atoms with Gasteiger partial charge in [-0.05, 0) is 51.3 Å². The lowest BCUT2D eigenvalue weighted by molar-refractivity contribution is 0.0682. The van der Waals surface area contributed by atoms with Gasteiger partial charge in [-0.2, -0.15) is 5.10 Å². The van der Waals surface area contributed by atoms with E-state index in [9.17, 15) is 0 Å². The fourth-order valence-electron chi connectivity index (χ4n) is 3.11. The molecule has 24 heavy (non-hydrogen) atoms. The van der Waals surface area contributed by atoms with Crippen LogP contribution in [0.15, 0.2) is 18.2 Å². The van der Waals surface area contributed by atoms with E-state index < -0.39 is 0 Å². The van der Waals surface area contributed by atoms with Crippen LogP contribution in [-0.4, -0.2) is 29.1 Å². The van der Waals surface area contributed by atoms with E-state index in [1.54, 1.807) is 0 Å². The van der Waals surface area contributed by atoms with E-state index in [0.717, 1.165) is 43.1 Å². The Bertz CT molecular complexity index is 703. The first-order valence-corrected chi connectivity index (χ1v) is 8.62. The Morgan fingerprint density at radius 1 is 1.33 bits per heavy atom. The number of hydrogen-bond donors (Lipinski definition) is 1. The molecule has 0 radical (unpaired) electrons. The molecule has 0 spiro atoms. The molecular formula is C19H27N3O2. The summed E-state index contributed by atoms with van der Waals surface area (Å²) >= 11 is 0. The predicted molar refractivity (Wildman–Crippen MR) is 95.7 cm³/mol. The number of nitrogens with zero attached hydrogens (tertiary/aromatic N) is 2. The number of ether oxygens (including phenoxy) is 2. The highest BCUT2D eigenvalue weighted by molar-refractivity contribution is 5.58. The van der Waals surface area contributed by atoms with Gasteiger partial charge in [0, 0.05) is 31.5 Å². The van der Waals surface area contributed by atoms with Crippen LogP contribution in [0.5, 0.6) is 5.75 Å². The van der Waals surface area contributed by atoms with Crippen molar-refractivity contribution in [3.63, 3.8) is 0 Å². The number of benzene rings is 1. The molecule has 130 valence electrons. The van der Waals surface area contributed by atoms with E-state index in [1.807, 2.05) is 18.7 Å². The van der Waals surface area contributed by atoms with Crippen molar-refractivity contribution in [1.82, 2.24) is 9.78 Å².